The molecule has 1 aromatic rings. The van der Waals surface area contributed by atoms with E-state index in [9.17, 15) is 0 Å². The highest BCUT2D eigenvalue weighted by molar-refractivity contribution is 5.63. The highest BCUT2D eigenvalue weighted by Crippen LogP contribution is 2.39. The third-order valence-corrected chi connectivity index (χ3v) is 3.52. The van der Waals surface area contributed by atoms with E-state index in [1.165, 1.54) is 5.56 Å². The summed E-state index contributed by atoms with van der Waals surface area (Å²) in [6.07, 6.45) is 8.93. The fourth-order valence-electron chi connectivity index (χ4n) is 2.56. The molecule has 0 N–H and O–H groups in total. The highest BCUT2D eigenvalue weighted by atomic mass is 16.5. The van der Waals surface area contributed by atoms with Crippen LogP contribution in [0.3, 0.4) is 0 Å². The summed E-state index contributed by atoms with van der Waals surface area (Å²) < 4.78 is 10.8. The first kappa shape index (κ1) is 14.3. The van der Waals surface area contributed by atoms with Gasteiger partial charge < -0.3 is 14.4 Å². The van der Waals surface area contributed by atoms with E-state index >= 15 is 0 Å². The number of hydrogen-bond donors (Lipinski definition) is 0. The minimum Gasteiger partial charge on any atom is -0.493 e. The average Bonchev–Trinajstić information content (AvgIpc) is 2.48. The van der Waals surface area contributed by atoms with Crippen molar-refractivity contribution in [1.82, 2.24) is 4.90 Å². The molecule has 1 aliphatic rings. The molecule has 1 aliphatic heterocycles. The Morgan fingerprint density at radius 2 is 1.85 bits per heavy atom. The molecule has 0 saturated carbocycles. The van der Waals surface area contributed by atoms with Crippen molar-refractivity contribution in [2.24, 2.45) is 0 Å². The summed E-state index contributed by atoms with van der Waals surface area (Å²) >= 11 is 0. The lowest BCUT2D eigenvalue weighted by molar-refractivity contribution is 0.302. The summed E-state index contributed by atoms with van der Waals surface area (Å²) in [6, 6.07) is 4.33. The molecule has 0 amide bonds. The summed E-state index contributed by atoms with van der Waals surface area (Å²) in [5.74, 6) is 1.51. The van der Waals surface area contributed by atoms with Crippen LogP contribution >= 0.6 is 0 Å². The molecule has 3 heteroatoms. The molecule has 0 spiro atoms. The number of fused-ring (bicyclic) bond motifs is 1. The number of methoxy groups -OCH3 is 2. The van der Waals surface area contributed by atoms with Gasteiger partial charge in [0.15, 0.2) is 11.5 Å². The molecule has 0 bridgehead atoms. The zero-order valence-electron chi connectivity index (χ0n) is 12.1. The van der Waals surface area contributed by atoms with Crippen LogP contribution in [0.25, 0.3) is 6.08 Å². The largest absolute Gasteiger partial charge is 0.493 e. The molecule has 2 rings (SSSR count). The first-order valence-corrected chi connectivity index (χ1v) is 6.66. The van der Waals surface area contributed by atoms with E-state index in [2.05, 4.69) is 36.4 Å². The van der Waals surface area contributed by atoms with Crippen molar-refractivity contribution < 1.29 is 9.47 Å². The molecule has 106 valence electrons. The van der Waals surface area contributed by atoms with Crippen LogP contribution in [0.1, 0.15) is 23.6 Å². The third kappa shape index (κ3) is 2.57. The molecule has 0 aliphatic carbocycles. The first-order valence-electron chi connectivity index (χ1n) is 6.66. The van der Waals surface area contributed by atoms with E-state index in [1.54, 1.807) is 14.2 Å². The second kappa shape index (κ2) is 6.33. The first-order chi connectivity index (χ1) is 9.74. The Labute approximate surface area is 120 Å². The zero-order valence-corrected chi connectivity index (χ0v) is 12.1. The van der Waals surface area contributed by atoms with Crippen LogP contribution in [0.15, 0.2) is 43.6 Å². The Morgan fingerprint density at radius 3 is 2.45 bits per heavy atom. The Kier molecular flexibility index (Phi) is 4.51. The molecular formula is C17H21NO2. The molecule has 0 radical (unpaired) electrons. The van der Waals surface area contributed by atoms with Crippen LogP contribution in [0.2, 0.25) is 0 Å². The van der Waals surface area contributed by atoms with Gasteiger partial charge in [0, 0.05) is 12.7 Å². The molecule has 0 aromatic heterocycles. The van der Waals surface area contributed by atoms with Crippen LogP contribution in [-0.4, -0.2) is 25.7 Å². The molecule has 0 fully saturated rings. The Bertz CT molecular complexity index is 534. The van der Waals surface area contributed by atoms with Gasteiger partial charge in [-0.2, -0.15) is 0 Å². The zero-order chi connectivity index (χ0) is 14.5. The summed E-state index contributed by atoms with van der Waals surface area (Å²) in [4.78, 5) is 2.25. The monoisotopic (exact) mass is 271 g/mol. The number of hydrogen-bond acceptors (Lipinski definition) is 3. The van der Waals surface area contributed by atoms with Crippen LogP contribution in [0.5, 0.6) is 11.5 Å². The van der Waals surface area contributed by atoms with Crippen molar-refractivity contribution in [2.45, 2.75) is 12.5 Å². The smallest absolute Gasteiger partial charge is 0.161 e. The topological polar surface area (TPSA) is 21.7 Å². The standard InChI is InChI=1S/C17H21NO2/c1-5-7-15-14-12-17(20-4)16(19-3)11-13(14)8-10-18(15)9-6-2/h5-6,8,10-12,15H,1-2,7,9H2,3-4H3. The third-order valence-electron chi connectivity index (χ3n) is 3.52. The van der Waals surface area contributed by atoms with Gasteiger partial charge in [0.2, 0.25) is 0 Å². The van der Waals surface area contributed by atoms with Crippen LogP contribution in [-0.2, 0) is 0 Å². The van der Waals surface area contributed by atoms with Gasteiger partial charge in [0.05, 0.1) is 20.3 Å². The quantitative estimate of drug-likeness (QED) is 0.735. The number of benzene rings is 1. The summed E-state index contributed by atoms with van der Waals surface area (Å²) in [7, 11) is 3.31. The van der Waals surface area contributed by atoms with Crippen molar-refractivity contribution in [2.75, 3.05) is 20.8 Å². The maximum Gasteiger partial charge on any atom is 0.161 e. The van der Waals surface area contributed by atoms with Crippen molar-refractivity contribution >= 4 is 6.08 Å². The molecule has 1 aromatic carbocycles. The minimum absolute atomic E-state index is 0.255. The molecule has 1 heterocycles. The predicted octanol–water partition coefficient (Wildman–Crippen LogP) is 3.79. The van der Waals surface area contributed by atoms with Crippen molar-refractivity contribution in [1.29, 1.82) is 0 Å². The molecular weight excluding hydrogens is 250 g/mol. The molecule has 3 nitrogen and oxygen atoms in total. The van der Waals surface area contributed by atoms with Gasteiger partial charge in [-0.05, 0) is 35.8 Å². The van der Waals surface area contributed by atoms with Gasteiger partial charge >= 0.3 is 0 Å². The maximum atomic E-state index is 5.41. The van der Waals surface area contributed by atoms with Gasteiger partial charge in [-0.15, -0.1) is 13.2 Å². The minimum atomic E-state index is 0.255. The van der Waals surface area contributed by atoms with Gasteiger partial charge in [0.1, 0.15) is 0 Å². The second-order valence-electron chi connectivity index (χ2n) is 4.68. The normalized spacial score (nSPS) is 16.5. The van der Waals surface area contributed by atoms with E-state index in [4.69, 9.17) is 9.47 Å². The fourth-order valence-corrected chi connectivity index (χ4v) is 2.56. The van der Waals surface area contributed by atoms with Gasteiger partial charge in [-0.1, -0.05) is 12.2 Å². The SMILES string of the molecule is C=CCC1c2cc(OC)c(OC)cc2C=CN1CC=C. The maximum absolute atomic E-state index is 5.41. The van der Waals surface area contributed by atoms with Gasteiger partial charge in [-0.3, -0.25) is 0 Å². The van der Waals surface area contributed by atoms with Crippen molar-refractivity contribution in [3.63, 3.8) is 0 Å². The molecule has 1 atom stereocenters. The average molecular weight is 271 g/mol. The van der Waals surface area contributed by atoms with E-state index in [1.807, 2.05) is 18.2 Å². The van der Waals surface area contributed by atoms with Gasteiger partial charge in [-0.25, -0.2) is 0 Å². The predicted molar refractivity (Wildman–Crippen MR) is 83.0 cm³/mol. The molecule has 20 heavy (non-hydrogen) atoms. The lowest BCUT2D eigenvalue weighted by Gasteiger charge is -2.34. The second-order valence-corrected chi connectivity index (χ2v) is 4.68. The number of ether oxygens (including phenoxy) is 2. The fraction of sp³-hybridized carbons (Fsp3) is 0.294. The van der Waals surface area contributed by atoms with Crippen molar-refractivity contribution in [3.05, 3.63) is 54.8 Å². The van der Waals surface area contributed by atoms with E-state index in [0.717, 1.165) is 30.0 Å². The van der Waals surface area contributed by atoms with Crippen LogP contribution in [0.4, 0.5) is 0 Å². The number of rotatable bonds is 6. The van der Waals surface area contributed by atoms with Gasteiger partial charge in [0.25, 0.3) is 0 Å². The highest BCUT2D eigenvalue weighted by Gasteiger charge is 2.23. The van der Waals surface area contributed by atoms with E-state index in [0.29, 0.717) is 0 Å². The Hall–Kier alpha value is -2.16. The summed E-state index contributed by atoms with van der Waals surface area (Å²) in [5.41, 5.74) is 2.39. The van der Waals surface area contributed by atoms with Crippen LogP contribution < -0.4 is 9.47 Å². The van der Waals surface area contributed by atoms with E-state index in [-0.39, 0.29) is 6.04 Å². The summed E-state index contributed by atoms with van der Waals surface area (Å²) in [5, 5.41) is 0. The lowest BCUT2D eigenvalue weighted by Crippen LogP contribution is -2.26. The number of nitrogens with zero attached hydrogens (tertiary/aromatic N) is 1. The summed E-state index contributed by atoms with van der Waals surface area (Å²) in [6.45, 7) is 8.49. The lowest BCUT2D eigenvalue weighted by atomic mass is 9.93. The van der Waals surface area contributed by atoms with Crippen LogP contribution in [0, 0.1) is 0 Å². The Balaban J connectivity index is 2.49. The van der Waals surface area contributed by atoms with E-state index < -0.39 is 0 Å². The molecule has 0 saturated heterocycles. The Morgan fingerprint density at radius 1 is 1.15 bits per heavy atom. The molecule has 1 unspecified atom stereocenters. The van der Waals surface area contributed by atoms with Crippen molar-refractivity contribution in [3.8, 4) is 11.5 Å².